The Labute approximate surface area is 153 Å². The van der Waals surface area contributed by atoms with Gasteiger partial charge in [-0.2, -0.15) is 0 Å². The minimum Gasteiger partial charge on any atom is -0.494 e. The normalized spacial score (nSPS) is 11.9. The number of amides is 3. The van der Waals surface area contributed by atoms with Gasteiger partial charge < -0.3 is 19.5 Å². The van der Waals surface area contributed by atoms with Gasteiger partial charge in [0.1, 0.15) is 11.5 Å². The fourth-order valence-electron chi connectivity index (χ4n) is 1.81. The largest absolute Gasteiger partial charge is 0.494 e. The molecule has 0 heterocycles. The first-order chi connectivity index (χ1) is 12.1. The third-order valence-electron chi connectivity index (χ3n) is 2.89. The van der Waals surface area contributed by atoms with E-state index in [1.807, 2.05) is 6.92 Å². The lowest BCUT2D eigenvalue weighted by atomic mass is 10.1. The Morgan fingerprint density at radius 1 is 1.04 bits per heavy atom. The molecule has 0 fully saturated rings. The SMILES string of the molecule is CCOc1ccc(OCC(=O)O[C@H](C)C(=O)NC(=O)NC(C)(C)C)cc1. The Morgan fingerprint density at radius 3 is 2.08 bits per heavy atom. The summed E-state index contributed by atoms with van der Waals surface area (Å²) in [5.41, 5.74) is -0.490. The maximum Gasteiger partial charge on any atom is 0.344 e. The van der Waals surface area contributed by atoms with Crippen molar-refractivity contribution in [3.63, 3.8) is 0 Å². The molecule has 0 saturated carbocycles. The number of urea groups is 1. The van der Waals surface area contributed by atoms with Crippen LogP contribution in [0.2, 0.25) is 0 Å². The molecule has 0 aliphatic heterocycles. The molecule has 144 valence electrons. The van der Waals surface area contributed by atoms with E-state index in [1.165, 1.54) is 6.92 Å². The predicted octanol–water partition coefficient (Wildman–Crippen LogP) is 2.02. The second-order valence-electron chi connectivity index (χ2n) is 6.52. The van der Waals surface area contributed by atoms with Gasteiger partial charge in [0, 0.05) is 5.54 Å². The van der Waals surface area contributed by atoms with Gasteiger partial charge in [0.2, 0.25) is 0 Å². The van der Waals surface area contributed by atoms with E-state index in [2.05, 4.69) is 10.6 Å². The van der Waals surface area contributed by atoms with E-state index < -0.39 is 29.6 Å². The summed E-state index contributed by atoms with van der Waals surface area (Å²) < 4.78 is 15.5. The first-order valence-corrected chi connectivity index (χ1v) is 8.29. The molecule has 26 heavy (non-hydrogen) atoms. The van der Waals surface area contributed by atoms with E-state index in [0.717, 1.165) is 0 Å². The summed E-state index contributed by atoms with van der Waals surface area (Å²) in [5, 5.41) is 4.68. The number of carbonyl (C=O) groups is 3. The van der Waals surface area contributed by atoms with Crippen molar-refractivity contribution in [2.24, 2.45) is 0 Å². The number of hydrogen-bond donors (Lipinski definition) is 2. The molecule has 0 spiro atoms. The van der Waals surface area contributed by atoms with Gasteiger partial charge in [-0.3, -0.25) is 10.1 Å². The first-order valence-electron chi connectivity index (χ1n) is 8.29. The molecule has 0 bridgehead atoms. The number of hydrogen-bond acceptors (Lipinski definition) is 6. The molecule has 0 aliphatic rings. The van der Waals surface area contributed by atoms with Crippen LogP contribution in [0.15, 0.2) is 24.3 Å². The molecular weight excluding hydrogens is 340 g/mol. The number of benzene rings is 1. The maximum absolute atomic E-state index is 11.8. The number of nitrogens with one attached hydrogen (secondary N) is 2. The van der Waals surface area contributed by atoms with Gasteiger partial charge in [-0.25, -0.2) is 9.59 Å². The molecule has 0 radical (unpaired) electrons. The average Bonchev–Trinajstić information content (AvgIpc) is 2.52. The Hall–Kier alpha value is -2.77. The topological polar surface area (TPSA) is 103 Å². The monoisotopic (exact) mass is 366 g/mol. The van der Waals surface area contributed by atoms with Gasteiger partial charge in [0.15, 0.2) is 12.7 Å². The van der Waals surface area contributed by atoms with Crippen molar-refractivity contribution >= 4 is 17.9 Å². The summed E-state index contributed by atoms with van der Waals surface area (Å²) in [4.78, 5) is 35.2. The summed E-state index contributed by atoms with van der Waals surface area (Å²) in [5.74, 6) is -0.285. The number of imide groups is 1. The highest BCUT2D eigenvalue weighted by atomic mass is 16.6. The van der Waals surface area contributed by atoms with Crippen molar-refractivity contribution < 1.29 is 28.6 Å². The van der Waals surface area contributed by atoms with Crippen LogP contribution in [0.5, 0.6) is 11.5 Å². The fourth-order valence-corrected chi connectivity index (χ4v) is 1.81. The molecule has 1 rings (SSSR count). The fraction of sp³-hybridized carbons (Fsp3) is 0.500. The summed E-state index contributed by atoms with van der Waals surface area (Å²) in [7, 11) is 0. The Balaban J connectivity index is 2.39. The summed E-state index contributed by atoms with van der Waals surface area (Å²) in [6.45, 7) is 8.77. The van der Waals surface area contributed by atoms with E-state index in [-0.39, 0.29) is 6.61 Å². The second-order valence-corrected chi connectivity index (χ2v) is 6.52. The van der Waals surface area contributed by atoms with Crippen molar-refractivity contribution in [2.75, 3.05) is 13.2 Å². The van der Waals surface area contributed by atoms with Crippen LogP contribution in [0.4, 0.5) is 4.79 Å². The van der Waals surface area contributed by atoms with Crippen LogP contribution >= 0.6 is 0 Å². The van der Waals surface area contributed by atoms with E-state index in [0.29, 0.717) is 18.1 Å². The molecule has 1 atom stereocenters. The average molecular weight is 366 g/mol. The molecule has 1 aromatic carbocycles. The minimum absolute atomic E-state index is 0.361. The molecule has 0 unspecified atom stereocenters. The lowest BCUT2D eigenvalue weighted by molar-refractivity contribution is -0.156. The van der Waals surface area contributed by atoms with Crippen LogP contribution in [0, 0.1) is 0 Å². The van der Waals surface area contributed by atoms with Crippen LogP contribution in [-0.4, -0.2) is 42.8 Å². The van der Waals surface area contributed by atoms with Crippen LogP contribution in [0.1, 0.15) is 34.6 Å². The third-order valence-corrected chi connectivity index (χ3v) is 2.89. The van der Waals surface area contributed by atoms with E-state index >= 15 is 0 Å². The summed E-state index contributed by atoms with van der Waals surface area (Å²) in [6.07, 6.45) is -1.13. The lowest BCUT2D eigenvalue weighted by Gasteiger charge is -2.21. The molecule has 8 nitrogen and oxygen atoms in total. The van der Waals surface area contributed by atoms with Crippen molar-refractivity contribution in [1.29, 1.82) is 0 Å². The van der Waals surface area contributed by atoms with Gasteiger partial charge in [0.05, 0.1) is 6.61 Å². The van der Waals surface area contributed by atoms with Crippen LogP contribution in [0.3, 0.4) is 0 Å². The highest BCUT2D eigenvalue weighted by Crippen LogP contribution is 2.17. The zero-order valence-electron chi connectivity index (χ0n) is 15.8. The van der Waals surface area contributed by atoms with Crippen LogP contribution in [-0.2, 0) is 14.3 Å². The Kier molecular flexibility index (Phi) is 7.89. The molecular formula is C18H26N2O6. The van der Waals surface area contributed by atoms with E-state index in [1.54, 1.807) is 45.0 Å². The molecule has 1 aromatic rings. The Bertz CT molecular complexity index is 622. The van der Waals surface area contributed by atoms with Crippen LogP contribution < -0.4 is 20.1 Å². The smallest absolute Gasteiger partial charge is 0.344 e. The highest BCUT2D eigenvalue weighted by molar-refractivity contribution is 5.97. The standard InChI is InChI=1S/C18H26N2O6/c1-6-24-13-7-9-14(10-8-13)25-11-15(21)26-12(2)16(22)19-17(23)20-18(3,4)5/h7-10,12H,6,11H2,1-5H3,(H2,19,20,22,23)/t12-/m1/s1. The second kappa shape index (κ2) is 9.65. The molecule has 8 heteroatoms. The zero-order valence-corrected chi connectivity index (χ0v) is 15.8. The molecule has 0 saturated heterocycles. The van der Waals surface area contributed by atoms with Crippen molar-refractivity contribution in [3.8, 4) is 11.5 Å². The molecule has 3 amide bonds. The summed E-state index contributed by atoms with van der Waals surface area (Å²) in [6, 6.07) is 6.09. The number of rotatable bonds is 7. The number of ether oxygens (including phenoxy) is 3. The molecule has 0 aromatic heterocycles. The van der Waals surface area contributed by atoms with Gasteiger partial charge in [-0.05, 0) is 58.9 Å². The molecule has 2 N–H and O–H groups in total. The van der Waals surface area contributed by atoms with Gasteiger partial charge in [-0.1, -0.05) is 0 Å². The molecule has 0 aliphatic carbocycles. The van der Waals surface area contributed by atoms with Crippen LogP contribution in [0.25, 0.3) is 0 Å². The summed E-state index contributed by atoms with van der Waals surface area (Å²) >= 11 is 0. The van der Waals surface area contributed by atoms with Crippen molar-refractivity contribution in [1.82, 2.24) is 10.6 Å². The van der Waals surface area contributed by atoms with Crippen molar-refractivity contribution in [3.05, 3.63) is 24.3 Å². The number of carbonyl (C=O) groups excluding carboxylic acids is 3. The lowest BCUT2D eigenvalue weighted by Crippen LogP contribution is -2.50. The first kappa shape index (κ1) is 21.3. The Morgan fingerprint density at radius 2 is 1.58 bits per heavy atom. The predicted molar refractivity (Wildman–Crippen MR) is 95.1 cm³/mol. The van der Waals surface area contributed by atoms with E-state index in [4.69, 9.17) is 14.2 Å². The highest BCUT2D eigenvalue weighted by Gasteiger charge is 2.22. The van der Waals surface area contributed by atoms with Gasteiger partial charge >= 0.3 is 12.0 Å². The number of esters is 1. The minimum atomic E-state index is -1.13. The zero-order chi connectivity index (χ0) is 19.7. The van der Waals surface area contributed by atoms with Gasteiger partial charge in [-0.15, -0.1) is 0 Å². The third kappa shape index (κ3) is 8.36. The quantitative estimate of drug-likeness (QED) is 0.716. The van der Waals surface area contributed by atoms with Crippen molar-refractivity contribution in [2.45, 2.75) is 46.3 Å². The maximum atomic E-state index is 11.8. The van der Waals surface area contributed by atoms with E-state index in [9.17, 15) is 14.4 Å². The van der Waals surface area contributed by atoms with Gasteiger partial charge in [0.25, 0.3) is 5.91 Å².